The van der Waals surface area contributed by atoms with E-state index in [1.165, 1.54) is 0 Å². The second-order valence-electron chi connectivity index (χ2n) is 4.98. The highest BCUT2D eigenvalue weighted by Gasteiger charge is 2.07. The van der Waals surface area contributed by atoms with Gasteiger partial charge in [-0.2, -0.15) is 0 Å². The molecule has 1 aromatic rings. The monoisotopic (exact) mass is 265 g/mol. The molecule has 5 nitrogen and oxygen atoms in total. The summed E-state index contributed by atoms with van der Waals surface area (Å²) >= 11 is 0. The minimum atomic E-state index is -0.0813. The number of anilines is 1. The lowest BCUT2D eigenvalue weighted by molar-refractivity contribution is 0.0952. The van der Waals surface area contributed by atoms with Gasteiger partial charge in [-0.1, -0.05) is 6.92 Å². The molecule has 19 heavy (non-hydrogen) atoms. The Hall–Kier alpha value is -1.62. The lowest BCUT2D eigenvalue weighted by Crippen LogP contribution is -2.25. The van der Waals surface area contributed by atoms with Crippen molar-refractivity contribution < 1.29 is 9.90 Å². The topological polar surface area (TPSA) is 65.5 Å². The Labute approximate surface area is 114 Å². The van der Waals surface area contributed by atoms with Crippen molar-refractivity contribution in [2.75, 3.05) is 32.1 Å². The fraction of sp³-hybridized carbons (Fsp3) is 0.571. The molecule has 1 heterocycles. The molecule has 1 rings (SSSR count). The van der Waals surface area contributed by atoms with Gasteiger partial charge < -0.3 is 15.3 Å². The van der Waals surface area contributed by atoms with Gasteiger partial charge in [0.15, 0.2) is 0 Å². The number of rotatable bonds is 7. The van der Waals surface area contributed by atoms with E-state index in [0.717, 1.165) is 18.7 Å². The van der Waals surface area contributed by atoms with E-state index in [2.05, 4.69) is 10.3 Å². The molecule has 0 fully saturated rings. The summed E-state index contributed by atoms with van der Waals surface area (Å²) in [6, 6.07) is 3.48. The van der Waals surface area contributed by atoms with Gasteiger partial charge in [0.05, 0.1) is 0 Å². The third-order valence-electron chi connectivity index (χ3n) is 2.94. The highest BCUT2D eigenvalue weighted by Crippen LogP contribution is 2.09. The van der Waals surface area contributed by atoms with Crippen LogP contribution in [0.15, 0.2) is 18.3 Å². The van der Waals surface area contributed by atoms with Gasteiger partial charge in [-0.15, -0.1) is 0 Å². The van der Waals surface area contributed by atoms with Crippen LogP contribution in [-0.2, 0) is 0 Å². The van der Waals surface area contributed by atoms with E-state index >= 15 is 0 Å². The fourth-order valence-corrected chi connectivity index (χ4v) is 1.65. The van der Waals surface area contributed by atoms with E-state index < -0.39 is 0 Å². The molecule has 0 aliphatic rings. The van der Waals surface area contributed by atoms with Crippen LogP contribution in [0, 0.1) is 5.92 Å². The van der Waals surface area contributed by atoms with E-state index in [0.29, 0.717) is 12.1 Å². The van der Waals surface area contributed by atoms with E-state index in [1.807, 2.05) is 25.9 Å². The normalized spacial score (nSPS) is 12.0. The Morgan fingerprint density at radius 2 is 2.26 bits per heavy atom. The zero-order chi connectivity index (χ0) is 14.3. The van der Waals surface area contributed by atoms with Crippen LogP contribution in [0.4, 0.5) is 5.82 Å². The van der Waals surface area contributed by atoms with Crippen LogP contribution in [0.2, 0.25) is 0 Å². The molecule has 0 radical (unpaired) electrons. The predicted octanol–water partition coefficient (Wildman–Crippen LogP) is 1.29. The Kier molecular flexibility index (Phi) is 6.29. The maximum absolute atomic E-state index is 11.9. The number of aliphatic hydroxyl groups excluding tert-OH is 1. The predicted molar refractivity (Wildman–Crippen MR) is 76.4 cm³/mol. The summed E-state index contributed by atoms with van der Waals surface area (Å²) in [6.45, 7) is 2.82. The van der Waals surface area contributed by atoms with Crippen molar-refractivity contribution in [1.29, 1.82) is 0 Å². The van der Waals surface area contributed by atoms with Crippen molar-refractivity contribution in [1.82, 2.24) is 10.3 Å². The number of carbonyl (C=O) groups excluding carboxylic acids is 1. The molecule has 1 aromatic heterocycles. The Morgan fingerprint density at radius 1 is 1.53 bits per heavy atom. The standard InChI is InChI=1S/C14H23N3O2/c1-11(10-18)5-4-7-16-14(19)12-6-8-15-13(9-12)17(2)3/h6,8-9,11,18H,4-5,7,10H2,1-3H3,(H,16,19). The Bertz CT molecular complexity index is 407. The van der Waals surface area contributed by atoms with Crippen LogP contribution in [0.3, 0.4) is 0 Å². The highest BCUT2D eigenvalue weighted by molar-refractivity contribution is 5.94. The summed E-state index contributed by atoms with van der Waals surface area (Å²) in [7, 11) is 3.78. The first-order chi connectivity index (χ1) is 9.04. The SMILES string of the molecule is CC(CO)CCCNC(=O)c1ccnc(N(C)C)c1. The van der Waals surface area contributed by atoms with Gasteiger partial charge >= 0.3 is 0 Å². The molecule has 0 bridgehead atoms. The molecular weight excluding hydrogens is 242 g/mol. The molecule has 1 atom stereocenters. The minimum absolute atomic E-state index is 0.0813. The number of nitrogens with zero attached hydrogens (tertiary/aromatic N) is 2. The van der Waals surface area contributed by atoms with E-state index in [4.69, 9.17) is 5.11 Å². The summed E-state index contributed by atoms with van der Waals surface area (Å²) < 4.78 is 0. The van der Waals surface area contributed by atoms with Crippen molar-refractivity contribution in [3.8, 4) is 0 Å². The molecule has 106 valence electrons. The molecular formula is C14H23N3O2. The van der Waals surface area contributed by atoms with Crippen LogP contribution in [0.25, 0.3) is 0 Å². The largest absolute Gasteiger partial charge is 0.396 e. The maximum atomic E-state index is 11.9. The van der Waals surface area contributed by atoms with Gasteiger partial charge in [-0.3, -0.25) is 4.79 Å². The maximum Gasteiger partial charge on any atom is 0.251 e. The zero-order valence-corrected chi connectivity index (χ0v) is 11.9. The second-order valence-corrected chi connectivity index (χ2v) is 4.98. The number of amides is 1. The van der Waals surface area contributed by atoms with E-state index in [-0.39, 0.29) is 18.4 Å². The number of aromatic nitrogens is 1. The Balaban J connectivity index is 2.43. The summed E-state index contributed by atoms with van der Waals surface area (Å²) in [5, 5.41) is 11.8. The molecule has 0 saturated heterocycles. The first kappa shape index (κ1) is 15.4. The molecule has 0 spiro atoms. The van der Waals surface area contributed by atoms with Crippen LogP contribution in [-0.4, -0.2) is 43.2 Å². The summed E-state index contributed by atoms with van der Waals surface area (Å²) in [6.07, 6.45) is 3.42. The number of hydrogen-bond donors (Lipinski definition) is 2. The summed E-state index contributed by atoms with van der Waals surface area (Å²) in [4.78, 5) is 18.0. The smallest absolute Gasteiger partial charge is 0.251 e. The lowest BCUT2D eigenvalue weighted by Gasteiger charge is -2.12. The number of nitrogens with one attached hydrogen (secondary N) is 1. The number of pyridine rings is 1. The first-order valence-corrected chi connectivity index (χ1v) is 6.57. The van der Waals surface area contributed by atoms with Crippen molar-refractivity contribution in [2.24, 2.45) is 5.92 Å². The van der Waals surface area contributed by atoms with Gasteiger partial charge in [-0.25, -0.2) is 4.98 Å². The minimum Gasteiger partial charge on any atom is -0.396 e. The fourth-order valence-electron chi connectivity index (χ4n) is 1.65. The molecule has 2 N–H and O–H groups in total. The van der Waals surface area contributed by atoms with Crippen molar-refractivity contribution in [2.45, 2.75) is 19.8 Å². The first-order valence-electron chi connectivity index (χ1n) is 6.57. The third kappa shape index (κ3) is 5.26. The van der Waals surface area contributed by atoms with Crippen LogP contribution >= 0.6 is 0 Å². The third-order valence-corrected chi connectivity index (χ3v) is 2.94. The average Bonchev–Trinajstić information content (AvgIpc) is 2.43. The van der Waals surface area contributed by atoms with E-state index in [9.17, 15) is 4.79 Å². The second kappa shape index (κ2) is 7.74. The highest BCUT2D eigenvalue weighted by atomic mass is 16.3. The molecule has 0 saturated carbocycles. The summed E-state index contributed by atoms with van der Waals surface area (Å²) in [5.74, 6) is 0.974. The quantitative estimate of drug-likeness (QED) is 0.729. The molecule has 0 aliphatic heterocycles. The molecule has 1 unspecified atom stereocenters. The average molecular weight is 265 g/mol. The Morgan fingerprint density at radius 3 is 2.89 bits per heavy atom. The molecule has 0 aromatic carbocycles. The van der Waals surface area contributed by atoms with Crippen LogP contribution < -0.4 is 10.2 Å². The molecule has 1 amide bonds. The van der Waals surface area contributed by atoms with Gasteiger partial charge in [0.2, 0.25) is 0 Å². The molecule has 5 heteroatoms. The van der Waals surface area contributed by atoms with Crippen molar-refractivity contribution in [3.63, 3.8) is 0 Å². The van der Waals surface area contributed by atoms with Crippen LogP contribution in [0.1, 0.15) is 30.1 Å². The summed E-state index contributed by atoms with van der Waals surface area (Å²) in [5.41, 5.74) is 0.619. The van der Waals surface area contributed by atoms with Gasteiger partial charge in [0.1, 0.15) is 5.82 Å². The van der Waals surface area contributed by atoms with E-state index in [1.54, 1.807) is 18.3 Å². The number of hydrogen-bond acceptors (Lipinski definition) is 4. The van der Waals surface area contributed by atoms with Crippen molar-refractivity contribution in [3.05, 3.63) is 23.9 Å². The zero-order valence-electron chi connectivity index (χ0n) is 11.9. The van der Waals surface area contributed by atoms with Gasteiger partial charge in [0.25, 0.3) is 5.91 Å². The van der Waals surface area contributed by atoms with Gasteiger partial charge in [-0.05, 0) is 30.9 Å². The van der Waals surface area contributed by atoms with Crippen LogP contribution in [0.5, 0.6) is 0 Å². The van der Waals surface area contributed by atoms with Crippen molar-refractivity contribution >= 4 is 11.7 Å². The number of aliphatic hydroxyl groups is 1. The lowest BCUT2D eigenvalue weighted by atomic mass is 10.1. The van der Waals surface area contributed by atoms with Gasteiger partial charge in [0, 0.05) is 39.0 Å². The number of carbonyl (C=O) groups is 1. The molecule has 0 aliphatic carbocycles.